The first kappa shape index (κ1) is 13.6. The molecule has 0 aliphatic carbocycles. The van der Waals surface area contributed by atoms with E-state index in [1.165, 1.54) is 10.9 Å². The van der Waals surface area contributed by atoms with Crippen LogP contribution in [0.15, 0.2) is 10.9 Å². The van der Waals surface area contributed by atoms with Gasteiger partial charge < -0.3 is 25.8 Å². The van der Waals surface area contributed by atoms with Crippen molar-refractivity contribution in [3.63, 3.8) is 0 Å². The lowest BCUT2D eigenvalue weighted by atomic mass is 10.1. The first-order valence-electron chi connectivity index (χ1n) is 5.81. The van der Waals surface area contributed by atoms with E-state index in [9.17, 15) is 10.2 Å². The van der Waals surface area contributed by atoms with Gasteiger partial charge in [-0.1, -0.05) is 0 Å². The fourth-order valence-electron chi connectivity index (χ4n) is 2.19. The summed E-state index contributed by atoms with van der Waals surface area (Å²) < 4.78 is 7.29. The Kier molecular flexibility index (Phi) is 3.34. The van der Waals surface area contributed by atoms with Crippen LogP contribution in [0.4, 0.5) is 5.95 Å². The highest BCUT2D eigenvalue weighted by Gasteiger charge is 2.44. The second-order valence-electron chi connectivity index (χ2n) is 4.43. The molecule has 5 N–H and O–H groups in total. The van der Waals surface area contributed by atoms with Gasteiger partial charge in [-0.05, 0) is 15.9 Å². The van der Waals surface area contributed by atoms with E-state index in [2.05, 4.69) is 30.9 Å². The van der Waals surface area contributed by atoms with Crippen LogP contribution >= 0.6 is 15.9 Å². The van der Waals surface area contributed by atoms with Crippen molar-refractivity contribution in [1.29, 1.82) is 0 Å². The van der Waals surface area contributed by atoms with Crippen molar-refractivity contribution < 1.29 is 20.1 Å². The summed E-state index contributed by atoms with van der Waals surface area (Å²) in [6, 6.07) is 0. The van der Waals surface area contributed by atoms with Crippen molar-refractivity contribution in [1.82, 2.24) is 19.5 Å². The molecule has 9 nitrogen and oxygen atoms in total. The molecule has 1 saturated heterocycles. The Morgan fingerprint density at radius 3 is 2.75 bits per heavy atom. The standard InChI is InChI=1S/C10H12BrN5O4/c11-7-4-8(15-10(12)14-7)16(2-13-4)9-6(19)5(18)3(1-17)20-9/h2-3,5-6,9,17-19H,1H2,(H2,12,14,15)/t3-,5-,6-,9?/m1/s1. The maximum Gasteiger partial charge on any atom is 0.223 e. The number of nitrogens with zero attached hydrogens (tertiary/aromatic N) is 4. The summed E-state index contributed by atoms with van der Waals surface area (Å²) in [4.78, 5) is 12.1. The molecule has 108 valence electrons. The topological polar surface area (TPSA) is 140 Å². The van der Waals surface area contributed by atoms with Gasteiger partial charge in [-0.15, -0.1) is 0 Å². The molecule has 0 bridgehead atoms. The normalized spacial score (nSPS) is 30.2. The number of rotatable bonds is 2. The molecule has 1 unspecified atom stereocenters. The zero-order valence-electron chi connectivity index (χ0n) is 10.1. The van der Waals surface area contributed by atoms with Crippen LogP contribution in [0.3, 0.4) is 0 Å². The van der Waals surface area contributed by atoms with Crippen LogP contribution in [0.25, 0.3) is 11.2 Å². The number of nitrogens with two attached hydrogens (primary N) is 1. The predicted molar refractivity (Wildman–Crippen MR) is 70.4 cm³/mol. The smallest absolute Gasteiger partial charge is 0.223 e. The molecule has 2 aromatic rings. The van der Waals surface area contributed by atoms with E-state index < -0.39 is 31.1 Å². The van der Waals surface area contributed by atoms with Crippen molar-refractivity contribution in [3.05, 3.63) is 10.9 Å². The van der Waals surface area contributed by atoms with Gasteiger partial charge in [-0.3, -0.25) is 4.57 Å². The van der Waals surface area contributed by atoms with Gasteiger partial charge in [0.25, 0.3) is 0 Å². The van der Waals surface area contributed by atoms with E-state index in [4.69, 9.17) is 15.6 Å². The number of aliphatic hydroxyl groups is 3. The maximum atomic E-state index is 10.0. The Bertz CT molecular complexity index is 650. The minimum absolute atomic E-state index is 0.0397. The number of hydrogen-bond acceptors (Lipinski definition) is 8. The Morgan fingerprint density at radius 1 is 1.35 bits per heavy atom. The molecular formula is C10H12BrN5O4. The highest BCUT2D eigenvalue weighted by molar-refractivity contribution is 9.10. The molecule has 4 atom stereocenters. The maximum absolute atomic E-state index is 10.0. The van der Waals surface area contributed by atoms with Crippen LogP contribution in [0.1, 0.15) is 6.23 Å². The Labute approximate surface area is 121 Å². The molecule has 0 aromatic carbocycles. The lowest BCUT2D eigenvalue weighted by molar-refractivity contribution is -0.0511. The third kappa shape index (κ3) is 1.96. The molecular weight excluding hydrogens is 334 g/mol. The Balaban J connectivity index is 2.07. The molecule has 0 saturated carbocycles. The summed E-state index contributed by atoms with van der Waals surface area (Å²) >= 11 is 3.22. The van der Waals surface area contributed by atoms with Crippen molar-refractivity contribution in [2.75, 3.05) is 12.3 Å². The van der Waals surface area contributed by atoms with Crippen LogP contribution in [0.2, 0.25) is 0 Å². The Hall–Kier alpha value is -1.33. The number of hydrogen-bond donors (Lipinski definition) is 4. The summed E-state index contributed by atoms with van der Waals surface area (Å²) in [6.07, 6.45) is -2.77. The SMILES string of the molecule is Nc1nc(Br)c2ncn(C3O[C@H](CO)[C@@H](O)[C@H]3O)c2n1. The zero-order valence-corrected chi connectivity index (χ0v) is 11.7. The van der Waals surface area contributed by atoms with Crippen LogP contribution in [-0.4, -0.2) is 59.8 Å². The number of imidazole rings is 1. The quantitative estimate of drug-likeness (QED) is 0.496. The van der Waals surface area contributed by atoms with E-state index >= 15 is 0 Å². The molecule has 1 fully saturated rings. The van der Waals surface area contributed by atoms with Gasteiger partial charge in [0.15, 0.2) is 11.9 Å². The monoisotopic (exact) mass is 345 g/mol. The summed E-state index contributed by atoms with van der Waals surface area (Å²) in [7, 11) is 0. The van der Waals surface area contributed by atoms with E-state index in [-0.39, 0.29) is 5.95 Å². The van der Waals surface area contributed by atoms with Gasteiger partial charge in [0, 0.05) is 0 Å². The first-order chi connectivity index (χ1) is 9.52. The summed E-state index contributed by atoms with van der Waals surface area (Å²) in [5.74, 6) is 0.0397. The Morgan fingerprint density at radius 2 is 2.10 bits per heavy atom. The number of nitrogen functional groups attached to an aromatic ring is 1. The predicted octanol–water partition coefficient (Wildman–Crippen LogP) is -1.22. The molecule has 0 radical (unpaired) electrons. The number of ether oxygens (including phenoxy) is 1. The molecule has 2 aromatic heterocycles. The van der Waals surface area contributed by atoms with Gasteiger partial charge in [-0.2, -0.15) is 4.98 Å². The fourth-order valence-corrected chi connectivity index (χ4v) is 2.66. The first-order valence-corrected chi connectivity index (χ1v) is 6.60. The van der Waals surface area contributed by atoms with E-state index in [1.807, 2.05) is 0 Å². The number of anilines is 1. The second-order valence-corrected chi connectivity index (χ2v) is 5.18. The van der Waals surface area contributed by atoms with Crippen molar-refractivity contribution in [2.45, 2.75) is 24.5 Å². The van der Waals surface area contributed by atoms with Crippen LogP contribution in [0, 0.1) is 0 Å². The molecule has 3 heterocycles. The number of halogens is 1. The van der Waals surface area contributed by atoms with Crippen LogP contribution in [-0.2, 0) is 4.74 Å². The van der Waals surface area contributed by atoms with Crippen LogP contribution < -0.4 is 5.73 Å². The molecule has 1 aliphatic heterocycles. The van der Waals surface area contributed by atoms with Gasteiger partial charge >= 0.3 is 0 Å². The van der Waals surface area contributed by atoms with Gasteiger partial charge in [0.1, 0.15) is 28.4 Å². The number of aliphatic hydroxyl groups excluding tert-OH is 3. The average molecular weight is 346 g/mol. The van der Waals surface area contributed by atoms with Gasteiger partial charge in [-0.25, -0.2) is 9.97 Å². The number of fused-ring (bicyclic) bond motifs is 1. The van der Waals surface area contributed by atoms with E-state index in [1.54, 1.807) is 0 Å². The van der Waals surface area contributed by atoms with Gasteiger partial charge in [0.05, 0.1) is 12.9 Å². The minimum atomic E-state index is -1.21. The third-order valence-electron chi connectivity index (χ3n) is 3.19. The highest BCUT2D eigenvalue weighted by Crippen LogP contribution is 2.32. The van der Waals surface area contributed by atoms with Crippen molar-refractivity contribution in [2.24, 2.45) is 0 Å². The lowest BCUT2D eigenvalue weighted by Gasteiger charge is -2.16. The third-order valence-corrected chi connectivity index (χ3v) is 3.74. The molecule has 0 amide bonds. The lowest BCUT2D eigenvalue weighted by Crippen LogP contribution is -2.33. The average Bonchev–Trinajstić information content (AvgIpc) is 2.93. The van der Waals surface area contributed by atoms with Crippen molar-refractivity contribution in [3.8, 4) is 0 Å². The minimum Gasteiger partial charge on any atom is -0.394 e. The zero-order chi connectivity index (χ0) is 14.4. The molecule has 1 aliphatic rings. The summed E-state index contributed by atoms with van der Waals surface area (Å²) in [6.45, 7) is -0.401. The molecule has 10 heteroatoms. The van der Waals surface area contributed by atoms with E-state index in [0.717, 1.165) is 0 Å². The number of aromatic nitrogens is 4. The van der Waals surface area contributed by atoms with Crippen molar-refractivity contribution >= 4 is 33.0 Å². The fraction of sp³-hybridized carbons (Fsp3) is 0.500. The molecule has 0 spiro atoms. The van der Waals surface area contributed by atoms with Gasteiger partial charge in [0.2, 0.25) is 5.95 Å². The van der Waals surface area contributed by atoms with E-state index in [0.29, 0.717) is 15.8 Å². The largest absolute Gasteiger partial charge is 0.394 e. The van der Waals surface area contributed by atoms with Crippen LogP contribution in [0.5, 0.6) is 0 Å². The molecule has 20 heavy (non-hydrogen) atoms. The summed E-state index contributed by atoms with van der Waals surface area (Å²) in [5, 5.41) is 28.9. The second kappa shape index (κ2) is 4.90. The molecule has 3 rings (SSSR count). The summed E-state index contributed by atoms with van der Waals surface area (Å²) in [5.41, 5.74) is 6.40. The highest BCUT2D eigenvalue weighted by atomic mass is 79.9.